The van der Waals surface area contributed by atoms with Crippen molar-refractivity contribution < 1.29 is 14.3 Å². The van der Waals surface area contributed by atoms with E-state index in [1.165, 1.54) is 0 Å². The zero-order valence-corrected chi connectivity index (χ0v) is 12.9. The molecule has 1 rings (SSSR count). The number of rotatable bonds is 6. The van der Waals surface area contributed by atoms with Crippen molar-refractivity contribution in [2.75, 3.05) is 26.1 Å². The molecule has 0 aromatic heterocycles. The lowest BCUT2D eigenvalue weighted by Crippen LogP contribution is -2.37. The Morgan fingerprint density at radius 3 is 2.35 bits per heavy atom. The first-order valence-corrected chi connectivity index (χ1v) is 6.62. The summed E-state index contributed by atoms with van der Waals surface area (Å²) in [5.41, 5.74) is 0.715. The predicted octanol–water partition coefficient (Wildman–Crippen LogP) is 2.42. The van der Waals surface area contributed by atoms with Crippen molar-refractivity contribution in [2.45, 2.75) is 32.7 Å². The lowest BCUT2D eigenvalue weighted by atomic mass is 10.1. The van der Waals surface area contributed by atoms with E-state index in [0.29, 0.717) is 30.2 Å². The third kappa shape index (κ3) is 5.48. The van der Waals surface area contributed by atoms with E-state index in [4.69, 9.17) is 9.47 Å². The molecule has 0 atom stereocenters. The summed E-state index contributed by atoms with van der Waals surface area (Å²) in [6.45, 7) is 6.85. The number of ether oxygens (including phenoxy) is 2. The number of methoxy groups -OCH3 is 2. The van der Waals surface area contributed by atoms with Gasteiger partial charge in [-0.2, -0.15) is 0 Å². The monoisotopic (exact) mass is 280 g/mol. The molecule has 112 valence electrons. The van der Waals surface area contributed by atoms with Crippen LogP contribution < -0.4 is 20.1 Å². The van der Waals surface area contributed by atoms with E-state index in [0.717, 1.165) is 0 Å². The minimum Gasteiger partial charge on any atom is -0.493 e. The molecule has 0 aliphatic rings. The highest BCUT2D eigenvalue weighted by molar-refractivity contribution is 5.91. The van der Waals surface area contributed by atoms with Crippen molar-refractivity contribution in [3.05, 3.63) is 18.2 Å². The molecule has 0 saturated carbocycles. The molecule has 2 N–H and O–H groups in total. The number of carbonyl (C=O) groups is 1. The van der Waals surface area contributed by atoms with Gasteiger partial charge >= 0.3 is 0 Å². The second kappa shape index (κ2) is 7.14. The first-order valence-electron chi connectivity index (χ1n) is 6.62. The van der Waals surface area contributed by atoms with Gasteiger partial charge in [-0.15, -0.1) is 0 Å². The zero-order chi connectivity index (χ0) is 15.2. The van der Waals surface area contributed by atoms with Crippen molar-refractivity contribution in [1.82, 2.24) is 5.32 Å². The van der Waals surface area contributed by atoms with Crippen molar-refractivity contribution in [3.63, 3.8) is 0 Å². The fourth-order valence-corrected chi connectivity index (χ4v) is 1.69. The van der Waals surface area contributed by atoms with Crippen LogP contribution in [0.15, 0.2) is 18.2 Å². The van der Waals surface area contributed by atoms with Crippen LogP contribution in [0.2, 0.25) is 0 Å². The second-order valence-corrected chi connectivity index (χ2v) is 5.54. The molecule has 0 aliphatic carbocycles. The quantitative estimate of drug-likeness (QED) is 0.840. The highest BCUT2D eigenvalue weighted by atomic mass is 16.5. The van der Waals surface area contributed by atoms with Gasteiger partial charge in [-0.1, -0.05) is 0 Å². The van der Waals surface area contributed by atoms with E-state index in [1.54, 1.807) is 32.4 Å². The largest absolute Gasteiger partial charge is 0.493 e. The van der Waals surface area contributed by atoms with Crippen LogP contribution in [0, 0.1) is 0 Å². The zero-order valence-electron chi connectivity index (χ0n) is 12.9. The fraction of sp³-hybridized carbons (Fsp3) is 0.533. The van der Waals surface area contributed by atoms with Gasteiger partial charge in [0, 0.05) is 30.3 Å². The van der Waals surface area contributed by atoms with Crippen LogP contribution in [-0.4, -0.2) is 32.2 Å². The fourth-order valence-electron chi connectivity index (χ4n) is 1.69. The van der Waals surface area contributed by atoms with Gasteiger partial charge in [0.2, 0.25) is 5.91 Å². The molecular formula is C15H24N2O3. The summed E-state index contributed by atoms with van der Waals surface area (Å²) in [5.74, 6) is 1.20. The molecule has 0 bridgehead atoms. The number of amides is 1. The topological polar surface area (TPSA) is 59.6 Å². The molecule has 1 aromatic carbocycles. The number of hydrogen-bond acceptors (Lipinski definition) is 4. The maximum Gasteiger partial charge on any atom is 0.225 e. The maximum absolute atomic E-state index is 11.8. The molecule has 0 saturated heterocycles. The average molecular weight is 280 g/mol. The van der Waals surface area contributed by atoms with Crippen LogP contribution in [0.5, 0.6) is 11.5 Å². The maximum atomic E-state index is 11.8. The Labute approximate surface area is 120 Å². The van der Waals surface area contributed by atoms with Gasteiger partial charge in [-0.3, -0.25) is 4.79 Å². The number of nitrogens with one attached hydrogen (secondary N) is 2. The van der Waals surface area contributed by atoms with Gasteiger partial charge in [0.25, 0.3) is 0 Å². The molecule has 0 unspecified atom stereocenters. The SMILES string of the molecule is COc1ccc(NC(=O)CCNC(C)(C)C)cc1OC. The Balaban J connectivity index is 2.54. The van der Waals surface area contributed by atoms with Crippen molar-refractivity contribution >= 4 is 11.6 Å². The van der Waals surface area contributed by atoms with Crippen LogP contribution in [0.4, 0.5) is 5.69 Å². The Morgan fingerprint density at radius 2 is 1.80 bits per heavy atom. The third-order valence-corrected chi connectivity index (χ3v) is 2.67. The first kappa shape index (κ1) is 16.3. The summed E-state index contributed by atoms with van der Waals surface area (Å²) in [7, 11) is 3.14. The van der Waals surface area contributed by atoms with Crippen molar-refractivity contribution in [2.24, 2.45) is 0 Å². The normalized spacial score (nSPS) is 11.1. The van der Waals surface area contributed by atoms with Gasteiger partial charge in [0.05, 0.1) is 14.2 Å². The smallest absolute Gasteiger partial charge is 0.225 e. The summed E-state index contributed by atoms with van der Waals surface area (Å²) in [6.07, 6.45) is 0.422. The second-order valence-electron chi connectivity index (χ2n) is 5.54. The molecule has 1 amide bonds. The lowest BCUT2D eigenvalue weighted by Gasteiger charge is -2.20. The Kier molecular flexibility index (Phi) is 5.82. The molecule has 20 heavy (non-hydrogen) atoms. The van der Waals surface area contributed by atoms with Gasteiger partial charge in [0.1, 0.15) is 0 Å². The Morgan fingerprint density at radius 1 is 1.15 bits per heavy atom. The first-order chi connectivity index (χ1) is 9.35. The van der Waals surface area contributed by atoms with E-state index in [2.05, 4.69) is 31.4 Å². The van der Waals surface area contributed by atoms with Crippen LogP contribution in [0.25, 0.3) is 0 Å². The Hall–Kier alpha value is -1.75. The molecule has 5 heteroatoms. The van der Waals surface area contributed by atoms with Gasteiger partial charge < -0.3 is 20.1 Å². The van der Waals surface area contributed by atoms with Crippen molar-refractivity contribution in [1.29, 1.82) is 0 Å². The molecule has 0 heterocycles. The number of anilines is 1. The molecule has 1 aromatic rings. The van der Waals surface area contributed by atoms with E-state index in [-0.39, 0.29) is 11.4 Å². The van der Waals surface area contributed by atoms with Crippen LogP contribution in [0.3, 0.4) is 0 Å². The van der Waals surface area contributed by atoms with Crippen molar-refractivity contribution in [3.8, 4) is 11.5 Å². The van der Waals surface area contributed by atoms with Crippen LogP contribution >= 0.6 is 0 Å². The molecule has 0 spiro atoms. The lowest BCUT2D eigenvalue weighted by molar-refractivity contribution is -0.116. The standard InChI is InChI=1S/C15H24N2O3/c1-15(2,3)16-9-8-14(18)17-11-6-7-12(19-4)13(10-11)20-5/h6-7,10,16H,8-9H2,1-5H3,(H,17,18). The third-order valence-electron chi connectivity index (χ3n) is 2.67. The molecular weight excluding hydrogens is 256 g/mol. The Bertz CT molecular complexity index is 453. The summed E-state index contributed by atoms with van der Waals surface area (Å²) in [4.78, 5) is 11.8. The number of benzene rings is 1. The van der Waals surface area contributed by atoms with E-state index < -0.39 is 0 Å². The molecule has 0 aliphatic heterocycles. The van der Waals surface area contributed by atoms with E-state index in [1.807, 2.05) is 0 Å². The number of carbonyl (C=O) groups excluding carboxylic acids is 1. The minimum absolute atomic E-state index is 0.0175. The highest BCUT2D eigenvalue weighted by Crippen LogP contribution is 2.29. The average Bonchev–Trinajstić information content (AvgIpc) is 2.37. The van der Waals surface area contributed by atoms with E-state index in [9.17, 15) is 4.79 Å². The highest BCUT2D eigenvalue weighted by Gasteiger charge is 2.10. The van der Waals surface area contributed by atoms with Crippen LogP contribution in [0.1, 0.15) is 27.2 Å². The molecule has 5 nitrogen and oxygen atoms in total. The van der Waals surface area contributed by atoms with Crippen LogP contribution in [-0.2, 0) is 4.79 Å². The molecule has 0 fully saturated rings. The van der Waals surface area contributed by atoms with E-state index >= 15 is 0 Å². The number of hydrogen-bond donors (Lipinski definition) is 2. The summed E-state index contributed by atoms with van der Waals surface area (Å²) >= 11 is 0. The van der Waals surface area contributed by atoms with Gasteiger partial charge in [0.15, 0.2) is 11.5 Å². The minimum atomic E-state index is -0.0334. The molecule has 0 radical (unpaired) electrons. The summed E-state index contributed by atoms with van der Waals surface area (Å²) in [5, 5.41) is 6.11. The summed E-state index contributed by atoms with van der Waals surface area (Å²) < 4.78 is 10.3. The summed E-state index contributed by atoms with van der Waals surface area (Å²) in [6, 6.07) is 5.30. The van der Waals surface area contributed by atoms with Gasteiger partial charge in [-0.25, -0.2) is 0 Å². The van der Waals surface area contributed by atoms with Gasteiger partial charge in [-0.05, 0) is 32.9 Å². The predicted molar refractivity (Wildman–Crippen MR) is 80.5 cm³/mol.